The molecule has 67 heavy (non-hydrogen) atoms. The van der Waals surface area contributed by atoms with Gasteiger partial charge in [0.2, 0.25) is 0 Å². The lowest BCUT2D eigenvalue weighted by Gasteiger charge is -2.34. The second-order valence-corrected chi connectivity index (χ2v) is 18.7. The summed E-state index contributed by atoms with van der Waals surface area (Å²) in [4.78, 5) is 2.51. The van der Waals surface area contributed by atoms with Gasteiger partial charge in [0.15, 0.2) is 0 Å². The summed E-state index contributed by atoms with van der Waals surface area (Å²) in [6.07, 6.45) is 0. The van der Waals surface area contributed by atoms with E-state index in [9.17, 15) is 0 Å². The Balaban J connectivity index is 1.04. The fraction of sp³-hybridized carbons (Fsp3) is 0.0606. The number of fused-ring (bicyclic) bond motifs is 9. The van der Waals surface area contributed by atoms with E-state index in [0.29, 0.717) is 0 Å². The first kappa shape index (κ1) is 39.1. The van der Waals surface area contributed by atoms with Crippen LogP contribution in [0.5, 0.6) is 0 Å². The van der Waals surface area contributed by atoms with Crippen molar-refractivity contribution in [2.45, 2.75) is 24.7 Å². The molecule has 13 rings (SSSR count). The van der Waals surface area contributed by atoms with Gasteiger partial charge in [0.1, 0.15) is 0 Å². The van der Waals surface area contributed by atoms with Crippen molar-refractivity contribution < 1.29 is 0 Å². The van der Waals surface area contributed by atoms with E-state index in [1.54, 1.807) is 0 Å². The smallest absolute Gasteiger partial charge is 0.0714 e. The summed E-state index contributed by atoms with van der Waals surface area (Å²) in [6, 6.07) is 92.5. The highest BCUT2D eigenvalue weighted by Crippen LogP contribution is 2.60. The van der Waals surface area contributed by atoms with Crippen molar-refractivity contribution in [1.82, 2.24) is 0 Å². The lowest BCUT2D eigenvalue weighted by Crippen LogP contribution is -2.28. The molecule has 0 saturated carbocycles. The summed E-state index contributed by atoms with van der Waals surface area (Å²) in [7, 11) is 0. The van der Waals surface area contributed by atoms with Gasteiger partial charge in [-0.1, -0.05) is 232 Å². The van der Waals surface area contributed by atoms with Gasteiger partial charge in [0.25, 0.3) is 0 Å². The van der Waals surface area contributed by atoms with Gasteiger partial charge in [-0.15, -0.1) is 0 Å². The Labute approximate surface area is 392 Å². The van der Waals surface area contributed by atoms with Crippen LogP contribution in [-0.2, 0) is 10.8 Å². The molecule has 2 aliphatic carbocycles. The van der Waals surface area contributed by atoms with Crippen LogP contribution in [0.3, 0.4) is 0 Å². The molecule has 1 nitrogen and oxygen atoms in total. The molecule has 1 heteroatoms. The largest absolute Gasteiger partial charge is 0.310 e. The average Bonchev–Trinajstić information content (AvgIpc) is 3.83. The molecule has 0 aromatic heterocycles. The number of hydrogen-bond donors (Lipinski definition) is 0. The van der Waals surface area contributed by atoms with E-state index >= 15 is 0 Å². The van der Waals surface area contributed by atoms with Crippen LogP contribution in [0.4, 0.5) is 17.1 Å². The molecule has 0 heterocycles. The third-order valence-corrected chi connectivity index (χ3v) is 14.9. The Kier molecular flexibility index (Phi) is 8.85. The fourth-order valence-corrected chi connectivity index (χ4v) is 12.1. The van der Waals surface area contributed by atoms with Crippen molar-refractivity contribution in [2.24, 2.45) is 0 Å². The Morgan fingerprint density at radius 1 is 0.343 bits per heavy atom. The van der Waals surface area contributed by atoms with E-state index in [0.717, 1.165) is 17.1 Å². The van der Waals surface area contributed by atoms with E-state index in [-0.39, 0.29) is 5.41 Å². The maximum Gasteiger partial charge on any atom is 0.0714 e. The molecule has 0 radical (unpaired) electrons. The summed E-state index contributed by atoms with van der Waals surface area (Å²) in [5.74, 6) is 0. The first-order chi connectivity index (χ1) is 33.0. The SMILES string of the molecule is CC1(C)c2ccccc2-c2ccc3cc(N(c4ccc(-c5cccc6cccc(-c7ccccc7)c56)cc4)c4cccc5c4-c4ccccc4C5(c4ccccc4)c4ccccc4)ccc3c21. The highest BCUT2D eigenvalue weighted by molar-refractivity contribution is 6.07. The Hall–Kier alpha value is -8.26. The first-order valence-electron chi connectivity index (χ1n) is 23.5. The van der Waals surface area contributed by atoms with Crippen molar-refractivity contribution in [3.05, 3.63) is 282 Å². The fourth-order valence-electron chi connectivity index (χ4n) is 12.1. The van der Waals surface area contributed by atoms with Crippen LogP contribution in [-0.4, -0.2) is 0 Å². The molecule has 11 aromatic carbocycles. The van der Waals surface area contributed by atoms with Crippen LogP contribution >= 0.6 is 0 Å². The monoisotopic (exact) mass is 853 g/mol. The Morgan fingerprint density at radius 2 is 0.881 bits per heavy atom. The summed E-state index contributed by atoms with van der Waals surface area (Å²) >= 11 is 0. The minimum absolute atomic E-state index is 0.118. The van der Waals surface area contributed by atoms with Crippen LogP contribution in [0.15, 0.2) is 249 Å². The molecule has 11 aromatic rings. The van der Waals surface area contributed by atoms with Gasteiger partial charge >= 0.3 is 0 Å². The molecular formula is C66H47N. The van der Waals surface area contributed by atoms with Gasteiger partial charge in [-0.3, -0.25) is 0 Å². The number of anilines is 3. The van der Waals surface area contributed by atoms with E-state index in [2.05, 4.69) is 267 Å². The lowest BCUT2D eigenvalue weighted by atomic mass is 9.68. The van der Waals surface area contributed by atoms with Crippen LogP contribution in [0.2, 0.25) is 0 Å². The molecule has 316 valence electrons. The molecule has 0 aliphatic heterocycles. The molecule has 0 unspecified atom stereocenters. The molecule has 0 bridgehead atoms. The topological polar surface area (TPSA) is 3.24 Å². The molecule has 0 fully saturated rings. The highest BCUT2D eigenvalue weighted by atomic mass is 15.1. The molecule has 0 saturated heterocycles. The second-order valence-electron chi connectivity index (χ2n) is 18.7. The number of hydrogen-bond acceptors (Lipinski definition) is 1. The molecular weight excluding hydrogens is 807 g/mol. The number of nitrogens with zero attached hydrogens (tertiary/aromatic N) is 1. The van der Waals surface area contributed by atoms with Crippen molar-refractivity contribution in [2.75, 3.05) is 4.90 Å². The zero-order chi connectivity index (χ0) is 44.7. The minimum atomic E-state index is -0.519. The van der Waals surface area contributed by atoms with Crippen molar-refractivity contribution in [1.29, 1.82) is 0 Å². The highest BCUT2D eigenvalue weighted by Gasteiger charge is 2.47. The number of benzene rings is 11. The molecule has 0 N–H and O–H groups in total. The first-order valence-corrected chi connectivity index (χ1v) is 23.5. The standard InChI is InChI=1S/C66H47N/c1-65(2)58-31-14-12-27-55(58)56-41-37-47-43-51(40-42-54(47)64(56)65)67(50-38-35-45(36-39-50)53-30-17-22-46-21-16-29-52(62(46)53)44-19-6-3-7-20-44)61-34-18-33-60-63(61)57-28-13-15-32-59(57)66(60,48-23-8-4-9-24-48)49-25-10-5-11-26-49/h3-43H,1-2H3. The van der Waals surface area contributed by atoms with Gasteiger partial charge in [0.05, 0.1) is 11.1 Å². The maximum atomic E-state index is 2.51. The third kappa shape index (κ3) is 5.81. The molecule has 0 spiro atoms. The van der Waals surface area contributed by atoms with E-state index in [4.69, 9.17) is 0 Å². The van der Waals surface area contributed by atoms with E-state index < -0.39 is 5.41 Å². The van der Waals surface area contributed by atoms with Crippen LogP contribution in [0.25, 0.3) is 66.1 Å². The van der Waals surface area contributed by atoms with Gasteiger partial charge in [-0.05, 0) is 124 Å². The average molecular weight is 854 g/mol. The minimum Gasteiger partial charge on any atom is -0.310 e. The zero-order valence-corrected chi connectivity index (χ0v) is 37.6. The quantitative estimate of drug-likeness (QED) is 0.154. The second kappa shape index (κ2) is 15.2. The summed E-state index contributed by atoms with van der Waals surface area (Å²) in [6.45, 7) is 4.77. The molecule has 2 aliphatic rings. The van der Waals surface area contributed by atoms with E-state index in [1.807, 2.05) is 0 Å². The summed E-state index contributed by atoms with van der Waals surface area (Å²) in [5, 5.41) is 5.04. The predicted octanol–water partition coefficient (Wildman–Crippen LogP) is 17.5. The Morgan fingerprint density at radius 3 is 1.57 bits per heavy atom. The summed E-state index contributed by atoms with van der Waals surface area (Å²) < 4.78 is 0. The van der Waals surface area contributed by atoms with E-state index in [1.165, 1.54) is 99.4 Å². The lowest BCUT2D eigenvalue weighted by molar-refractivity contribution is 0.666. The van der Waals surface area contributed by atoms with Crippen molar-refractivity contribution in [3.8, 4) is 44.5 Å². The van der Waals surface area contributed by atoms with Gasteiger partial charge in [-0.2, -0.15) is 0 Å². The predicted molar refractivity (Wildman–Crippen MR) is 282 cm³/mol. The van der Waals surface area contributed by atoms with Gasteiger partial charge in [0, 0.05) is 22.4 Å². The van der Waals surface area contributed by atoms with Crippen molar-refractivity contribution >= 4 is 38.6 Å². The van der Waals surface area contributed by atoms with Gasteiger partial charge in [-0.25, -0.2) is 0 Å². The van der Waals surface area contributed by atoms with Crippen LogP contribution in [0, 0.1) is 0 Å². The zero-order valence-electron chi connectivity index (χ0n) is 37.6. The Bertz CT molecular complexity index is 3650. The maximum absolute atomic E-state index is 2.51. The normalized spacial score (nSPS) is 13.8. The molecule has 0 amide bonds. The van der Waals surface area contributed by atoms with Crippen molar-refractivity contribution in [3.63, 3.8) is 0 Å². The summed E-state index contributed by atoms with van der Waals surface area (Å²) in [5.41, 5.74) is 20.7. The third-order valence-electron chi connectivity index (χ3n) is 14.9. The number of rotatable bonds is 7. The van der Waals surface area contributed by atoms with Gasteiger partial charge < -0.3 is 4.90 Å². The van der Waals surface area contributed by atoms with Crippen LogP contribution < -0.4 is 4.90 Å². The molecule has 0 atom stereocenters. The van der Waals surface area contributed by atoms with Crippen LogP contribution in [0.1, 0.15) is 47.2 Å².